The number of nitrogens with zero attached hydrogens (tertiary/aromatic N) is 1. The number of para-hydroxylation sites is 1. The molecule has 30 heavy (non-hydrogen) atoms. The van der Waals surface area contributed by atoms with Gasteiger partial charge in [-0.1, -0.05) is 42.5 Å². The molecule has 1 amide bonds. The predicted molar refractivity (Wildman–Crippen MR) is 113 cm³/mol. The summed E-state index contributed by atoms with van der Waals surface area (Å²) < 4.78 is 38.1. The summed E-state index contributed by atoms with van der Waals surface area (Å²) in [6.45, 7) is 2.11. The highest BCUT2D eigenvalue weighted by Gasteiger charge is 2.31. The van der Waals surface area contributed by atoms with Crippen LogP contribution in [0.5, 0.6) is 11.5 Å². The first-order valence-corrected chi connectivity index (χ1v) is 11.8. The Morgan fingerprint density at radius 2 is 1.73 bits per heavy atom. The van der Waals surface area contributed by atoms with Crippen LogP contribution in [0.2, 0.25) is 0 Å². The number of benzene rings is 2. The molecule has 0 aromatic heterocycles. The van der Waals surface area contributed by atoms with Crippen molar-refractivity contribution >= 4 is 15.9 Å². The molecule has 2 heterocycles. The molecule has 0 unspecified atom stereocenters. The van der Waals surface area contributed by atoms with Crippen LogP contribution in [0, 0.1) is 5.92 Å². The fourth-order valence-corrected chi connectivity index (χ4v) is 5.44. The Bertz CT molecular complexity index is 986. The number of carbonyl (C=O) groups is 1. The highest BCUT2D eigenvalue weighted by Crippen LogP contribution is 2.33. The van der Waals surface area contributed by atoms with E-state index in [1.54, 1.807) is 0 Å². The van der Waals surface area contributed by atoms with Crippen molar-refractivity contribution in [1.29, 1.82) is 0 Å². The second-order valence-electron chi connectivity index (χ2n) is 7.57. The SMILES string of the molecule is O=C(NCc1cccc2c1OCCO2)C1CCN(S(=O)(=O)Cc2ccccc2)CC1. The number of nitrogens with one attached hydrogen (secondary N) is 1. The second-order valence-corrected chi connectivity index (χ2v) is 9.54. The maximum atomic E-state index is 12.7. The molecule has 0 atom stereocenters. The molecule has 160 valence electrons. The fourth-order valence-electron chi connectivity index (χ4n) is 3.87. The number of fused-ring (bicyclic) bond motifs is 1. The zero-order chi connectivity index (χ0) is 21.0. The number of hydrogen-bond acceptors (Lipinski definition) is 5. The summed E-state index contributed by atoms with van der Waals surface area (Å²) in [5.41, 5.74) is 1.65. The molecule has 2 aliphatic heterocycles. The second kappa shape index (κ2) is 9.06. The van der Waals surface area contributed by atoms with E-state index in [0.29, 0.717) is 57.2 Å². The first kappa shape index (κ1) is 20.7. The lowest BCUT2D eigenvalue weighted by molar-refractivity contribution is -0.126. The van der Waals surface area contributed by atoms with Gasteiger partial charge in [-0.2, -0.15) is 0 Å². The van der Waals surface area contributed by atoms with Gasteiger partial charge in [0.15, 0.2) is 11.5 Å². The number of sulfonamides is 1. The normalized spacial score (nSPS) is 17.5. The standard InChI is InChI=1S/C22H26N2O5S/c25-22(23-15-19-7-4-8-20-21(19)29-14-13-28-20)18-9-11-24(12-10-18)30(26,27)16-17-5-2-1-3-6-17/h1-8,18H,9-16H2,(H,23,25). The van der Waals surface area contributed by atoms with Crippen molar-refractivity contribution in [1.82, 2.24) is 9.62 Å². The minimum atomic E-state index is -3.38. The Hall–Kier alpha value is -2.58. The van der Waals surface area contributed by atoms with Crippen LogP contribution in [-0.4, -0.2) is 44.9 Å². The zero-order valence-corrected chi connectivity index (χ0v) is 17.6. The Balaban J connectivity index is 1.29. The largest absolute Gasteiger partial charge is 0.486 e. The van der Waals surface area contributed by atoms with E-state index in [1.165, 1.54) is 4.31 Å². The van der Waals surface area contributed by atoms with Crippen molar-refractivity contribution in [2.24, 2.45) is 5.92 Å². The van der Waals surface area contributed by atoms with Crippen LogP contribution in [0.15, 0.2) is 48.5 Å². The predicted octanol–water partition coefficient (Wildman–Crippen LogP) is 2.32. The lowest BCUT2D eigenvalue weighted by Crippen LogP contribution is -2.43. The van der Waals surface area contributed by atoms with Gasteiger partial charge < -0.3 is 14.8 Å². The van der Waals surface area contributed by atoms with Gasteiger partial charge in [0.25, 0.3) is 0 Å². The van der Waals surface area contributed by atoms with Crippen molar-refractivity contribution < 1.29 is 22.7 Å². The zero-order valence-electron chi connectivity index (χ0n) is 16.7. The third-order valence-electron chi connectivity index (χ3n) is 5.51. The van der Waals surface area contributed by atoms with Gasteiger partial charge in [-0.25, -0.2) is 12.7 Å². The summed E-state index contributed by atoms with van der Waals surface area (Å²) in [7, 11) is -3.38. The molecule has 0 aliphatic carbocycles. The van der Waals surface area contributed by atoms with Gasteiger partial charge >= 0.3 is 0 Å². The van der Waals surface area contributed by atoms with E-state index < -0.39 is 10.0 Å². The summed E-state index contributed by atoms with van der Waals surface area (Å²) in [5, 5.41) is 2.97. The van der Waals surface area contributed by atoms with Crippen molar-refractivity contribution in [3.8, 4) is 11.5 Å². The summed E-state index contributed by atoms with van der Waals surface area (Å²) in [6, 6.07) is 14.8. The van der Waals surface area contributed by atoms with Crippen LogP contribution < -0.4 is 14.8 Å². The van der Waals surface area contributed by atoms with Gasteiger partial charge in [0.2, 0.25) is 15.9 Å². The van der Waals surface area contributed by atoms with Crippen molar-refractivity contribution in [3.05, 3.63) is 59.7 Å². The van der Waals surface area contributed by atoms with Crippen molar-refractivity contribution in [3.63, 3.8) is 0 Å². The molecule has 0 radical (unpaired) electrons. The van der Waals surface area contributed by atoms with E-state index >= 15 is 0 Å². The summed E-state index contributed by atoms with van der Waals surface area (Å²) >= 11 is 0. The Kier molecular flexibility index (Phi) is 6.24. The lowest BCUT2D eigenvalue weighted by atomic mass is 9.97. The number of amides is 1. The van der Waals surface area contributed by atoms with Crippen LogP contribution in [0.3, 0.4) is 0 Å². The molecule has 1 saturated heterocycles. The Labute approximate surface area is 177 Å². The van der Waals surface area contributed by atoms with E-state index in [0.717, 1.165) is 11.1 Å². The molecule has 2 aliphatic rings. The van der Waals surface area contributed by atoms with Crippen LogP contribution in [0.4, 0.5) is 0 Å². The molecule has 2 aromatic carbocycles. The molecule has 7 nitrogen and oxygen atoms in total. The van der Waals surface area contributed by atoms with Gasteiger partial charge in [0, 0.05) is 31.1 Å². The average molecular weight is 431 g/mol. The van der Waals surface area contributed by atoms with Gasteiger partial charge in [-0.05, 0) is 24.5 Å². The Morgan fingerprint density at radius 3 is 2.50 bits per heavy atom. The first-order chi connectivity index (χ1) is 14.5. The Morgan fingerprint density at radius 1 is 1.00 bits per heavy atom. The highest BCUT2D eigenvalue weighted by atomic mass is 32.2. The first-order valence-electron chi connectivity index (χ1n) is 10.2. The van der Waals surface area contributed by atoms with Gasteiger partial charge in [0.1, 0.15) is 13.2 Å². The summed E-state index contributed by atoms with van der Waals surface area (Å²) in [5.74, 6) is 1.14. The van der Waals surface area contributed by atoms with E-state index in [2.05, 4.69) is 5.32 Å². The molecule has 0 saturated carbocycles. The third kappa shape index (κ3) is 4.76. The molecule has 4 rings (SSSR count). The smallest absolute Gasteiger partial charge is 0.223 e. The fraction of sp³-hybridized carbons (Fsp3) is 0.409. The third-order valence-corrected chi connectivity index (χ3v) is 7.36. The summed E-state index contributed by atoms with van der Waals surface area (Å²) in [4.78, 5) is 12.6. The molecule has 1 fully saturated rings. The van der Waals surface area contributed by atoms with Gasteiger partial charge in [-0.15, -0.1) is 0 Å². The van der Waals surface area contributed by atoms with E-state index in [9.17, 15) is 13.2 Å². The van der Waals surface area contributed by atoms with Crippen molar-refractivity contribution in [2.75, 3.05) is 26.3 Å². The minimum Gasteiger partial charge on any atom is -0.486 e. The number of piperidine rings is 1. The molecular formula is C22H26N2O5S. The van der Waals surface area contributed by atoms with E-state index in [-0.39, 0.29) is 17.6 Å². The van der Waals surface area contributed by atoms with Gasteiger partial charge in [-0.3, -0.25) is 4.79 Å². The maximum Gasteiger partial charge on any atom is 0.223 e. The summed E-state index contributed by atoms with van der Waals surface area (Å²) in [6.07, 6.45) is 1.04. The molecule has 0 bridgehead atoms. The number of ether oxygens (including phenoxy) is 2. The van der Waals surface area contributed by atoms with E-state index in [1.807, 2.05) is 48.5 Å². The van der Waals surface area contributed by atoms with Crippen LogP contribution in [0.25, 0.3) is 0 Å². The van der Waals surface area contributed by atoms with Gasteiger partial charge in [0.05, 0.1) is 5.75 Å². The molecular weight excluding hydrogens is 404 g/mol. The van der Waals surface area contributed by atoms with Crippen LogP contribution in [-0.2, 0) is 27.1 Å². The number of carbonyl (C=O) groups excluding carboxylic acids is 1. The molecule has 1 N–H and O–H groups in total. The minimum absolute atomic E-state index is 0.00804. The number of rotatable bonds is 6. The monoisotopic (exact) mass is 430 g/mol. The quantitative estimate of drug-likeness (QED) is 0.760. The van der Waals surface area contributed by atoms with Crippen LogP contribution >= 0.6 is 0 Å². The van der Waals surface area contributed by atoms with Crippen LogP contribution in [0.1, 0.15) is 24.0 Å². The number of hydrogen-bond donors (Lipinski definition) is 1. The molecule has 8 heteroatoms. The average Bonchev–Trinajstić information content (AvgIpc) is 2.78. The molecule has 0 spiro atoms. The lowest BCUT2D eigenvalue weighted by Gasteiger charge is -2.30. The topological polar surface area (TPSA) is 84.9 Å². The molecule has 2 aromatic rings. The highest BCUT2D eigenvalue weighted by molar-refractivity contribution is 7.88. The van der Waals surface area contributed by atoms with E-state index in [4.69, 9.17) is 9.47 Å². The van der Waals surface area contributed by atoms with Crippen molar-refractivity contribution in [2.45, 2.75) is 25.1 Å². The maximum absolute atomic E-state index is 12.7.